The van der Waals surface area contributed by atoms with Crippen molar-refractivity contribution in [1.82, 2.24) is 5.01 Å². The second-order valence-electron chi connectivity index (χ2n) is 8.57. The molecule has 9 heteroatoms. The van der Waals surface area contributed by atoms with Crippen molar-refractivity contribution in [2.24, 2.45) is 10.1 Å². The fourth-order valence-electron chi connectivity index (χ4n) is 4.24. The number of ether oxygens (including phenoxy) is 2. The summed E-state index contributed by atoms with van der Waals surface area (Å²) in [6.45, 7) is 0. The van der Waals surface area contributed by atoms with Gasteiger partial charge in [0.25, 0.3) is 5.91 Å². The molecule has 0 saturated heterocycles. The summed E-state index contributed by atoms with van der Waals surface area (Å²) in [6.07, 6.45) is 0.675. The van der Waals surface area contributed by atoms with Crippen LogP contribution in [-0.4, -0.2) is 47.2 Å². The first-order chi connectivity index (χ1) is 18.0. The molecule has 0 aromatic heterocycles. The van der Waals surface area contributed by atoms with E-state index in [1.807, 2.05) is 59.6 Å². The van der Waals surface area contributed by atoms with Crippen LogP contribution in [0.4, 0.5) is 5.69 Å². The third-order valence-corrected chi connectivity index (χ3v) is 7.33. The molecule has 0 bridgehead atoms. The van der Waals surface area contributed by atoms with Crippen molar-refractivity contribution < 1.29 is 19.1 Å². The number of aliphatic imine (C=N–C) groups is 1. The lowest BCUT2D eigenvalue weighted by molar-refractivity contribution is -0.121. The Morgan fingerprint density at radius 1 is 0.973 bits per heavy atom. The number of nitrogens with zero attached hydrogens (tertiary/aromatic N) is 3. The summed E-state index contributed by atoms with van der Waals surface area (Å²) in [5.74, 6) is 0.891. The molecular weight excluding hydrogens is 488 g/mol. The number of methoxy groups -OCH3 is 2. The highest BCUT2D eigenvalue weighted by molar-refractivity contribution is 8.15. The standard InChI is InChI=1S/C28H26N4O4S/c1-35-21-12-8-18(9-13-21)23-16-24(19-6-4-3-5-7-19)32(31-23)28-30-27(34)25(37-28)17-26(33)29-20-10-14-22(36-2)15-11-20/h3-15,24-25H,16-17H2,1-2H3,(H,29,33)/t24-,25+/m1/s1. The summed E-state index contributed by atoms with van der Waals surface area (Å²) in [7, 11) is 3.22. The van der Waals surface area contributed by atoms with Crippen molar-refractivity contribution in [3.8, 4) is 11.5 Å². The largest absolute Gasteiger partial charge is 0.497 e. The molecule has 8 nitrogen and oxygen atoms in total. The first kappa shape index (κ1) is 24.6. The molecule has 0 unspecified atom stereocenters. The van der Waals surface area contributed by atoms with Crippen LogP contribution in [0.25, 0.3) is 0 Å². The Kier molecular flexibility index (Phi) is 7.23. The summed E-state index contributed by atoms with van der Waals surface area (Å²) in [5.41, 5.74) is 3.59. The van der Waals surface area contributed by atoms with E-state index in [-0.39, 0.29) is 24.3 Å². The van der Waals surface area contributed by atoms with E-state index in [9.17, 15) is 9.59 Å². The van der Waals surface area contributed by atoms with Crippen LogP contribution in [0.15, 0.2) is 89.0 Å². The summed E-state index contributed by atoms with van der Waals surface area (Å²) >= 11 is 1.28. The number of carbonyl (C=O) groups excluding carboxylic acids is 2. The van der Waals surface area contributed by atoms with Crippen molar-refractivity contribution >= 4 is 40.1 Å². The summed E-state index contributed by atoms with van der Waals surface area (Å²) in [4.78, 5) is 29.8. The van der Waals surface area contributed by atoms with Crippen LogP contribution in [0.5, 0.6) is 11.5 Å². The fourth-order valence-corrected chi connectivity index (χ4v) is 5.30. The molecule has 1 N–H and O–H groups in total. The quantitative estimate of drug-likeness (QED) is 0.483. The van der Waals surface area contributed by atoms with Crippen LogP contribution in [0, 0.1) is 0 Å². The molecule has 2 aliphatic rings. The van der Waals surface area contributed by atoms with Gasteiger partial charge >= 0.3 is 0 Å². The lowest BCUT2D eigenvalue weighted by Gasteiger charge is -2.23. The molecule has 0 fully saturated rings. The van der Waals surface area contributed by atoms with Crippen molar-refractivity contribution in [3.05, 3.63) is 90.0 Å². The van der Waals surface area contributed by atoms with Gasteiger partial charge in [0, 0.05) is 18.5 Å². The van der Waals surface area contributed by atoms with Gasteiger partial charge < -0.3 is 14.8 Å². The lowest BCUT2D eigenvalue weighted by atomic mass is 9.98. The monoisotopic (exact) mass is 514 g/mol. The molecule has 0 saturated carbocycles. The van der Waals surface area contributed by atoms with Crippen molar-refractivity contribution in [1.29, 1.82) is 0 Å². The van der Waals surface area contributed by atoms with Gasteiger partial charge in [-0.2, -0.15) is 10.1 Å². The second-order valence-corrected chi connectivity index (χ2v) is 9.74. The Bertz CT molecular complexity index is 1340. The highest BCUT2D eigenvalue weighted by Gasteiger charge is 2.39. The van der Waals surface area contributed by atoms with E-state index in [1.165, 1.54) is 11.8 Å². The maximum absolute atomic E-state index is 12.8. The van der Waals surface area contributed by atoms with Gasteiger partial charge in [0.15, 0.2) is 5.17 Å². The van der Waals surface area contributed by atoms with Crippen LogP contribution in [0.2, 0.25) is 0 Å². The predicted molar refractivity (Wildman–Crippen MR) is 145 cm³/mol. The van der Waals surface area contributed by atoms with Crippen LogP contribution in [0.3, 0.4) is 0 Å². The molecule has 3 aromatic rings. The van der Waals surface area contributed by atoms with Gasteiger partial charge in [-0.05, 0) is 59.7 Å². The highest BCUT2D eigenvalue weighted by atomic mass is 32.2. The van der Waals surface area contributed by atoms with Gasteiger partial charge in [-0.3, -0.25) is 9.59 Å². The number of carbonyl (C=O) groups is 2. The number of hydrogen-bond acceptors (Lipinski definition) is 7. The molecule has 5 rings (SSSR count). The van der Waals surface area contributed by atoms with E-state index in [2.05, 4.69) is 10.3 Å². The third-order valence-electron chi connectivity index (χ3n) is 6.19. The Hall–Kier alpha value is -4.11. The van der Waals surface area contributed by atoms with E-state index in [0.29, 0.717) is 23.0 Å². The summed E-state index contributed by atoms with van der Waals surface area (Å²) in [6, 6.07) is 24.7. The van der Waals surface area contributed by atoms with Crippen molar-refractivity contribution in [2.45, 2.75) is 24.1 Å². The normalized spacial score (nSPS) is 18.9. The van der Waals surface area contributed by atoms with Crippen molar-refractivity contribution in [3.63, 3.8) is 0 Å². The minimum absolute atomic E-state index is 0.0153. The average molecular weight is 515 g/mol. The lowest BCUT2D eigenvalue weighted by Crippen LogP contribution is -2.25. The van der Waals surface area contributed by atoms with Gasteiger partial charge in [0.05, 0.1) is 26.0 Å². The maximum atomic E-state index is 12.8. The van der Waals surface area contributed by atoms with E-state index < -0.39 is 5.25 Å². The molecule has 2 atom stereocenters. The molecule has 188 valence electrons. The predicted octanol–water partition coefficient (Wildman–Crippen LogP) is 4.88. The number of rotatable bonds is 7. The Morgan fingerprint density at radius 2 is 1.62 bits per heavy atom. The first-order valence-corrected chi connectivity index (χ1v) is 12.7. The Morgan fingerprint density at radius 3 is 2.27 bits per heavy atom. The van der Waals surface area contributed by atoms with Gasteiger partial charge in [0.2, 0.25) is 5.91 Å². The summed E-state index contributed by atoms with van der Waals surface area (Å²) in [5, 5.41) is 9.43. The number of amides is 2. The number of anilines is 1. The number of thioether (sulfide) groups is 1. The number of nitrogens with one attached hydrogen (secondary N) is 1. The number of hydrogen-bond donors (Lipinski definition) is 1. The summed E-state index contributed by atoms with van der Waals surface area (Å²) < 4.78 is 10.4. The minimum Gasteiger partial charge on any atom is -0.497 e. The third kappa shape index (κ3) is 5.51. The SMILES string of the molecule is COc1ccc(NC(=O)C[C@@H]2SC(N3N=C(c4ccc(OC)cc4)C[C@@H]3c3ccccc3)=NC2=O)cc1. The molecule has 37 heavy (non-hydrogen) atoms. The second kappa shape index (κ2) is 10.9. The zero-order chi connectivity index (χ0) is 25.8. The van der Waals surface area contributed by atoms with Gasteiger partial charge in [-0.15, -0.1) is 0 Å². The average Bonchev–Trinajstić information content (AvgIpc) is 3.53. The number of amidine groups is 1. The Balaban J connectivity index is 1.32. The topological polar surface area (TPSA) is 92.6 Å². The van der Waals surface area contributed by atoms with E-state index in [0.717, 1.165) is 22.6 Å². The molecule has 0 spiro atoms. The van der Waals surface area contributed by atoms with Crippen LogP contribution < -0.4 is 14.8 Å². The number of hydrazone groups is 1. The zero-order valence-electron chi connectivity index (χ0n) is 20.5. The first-order valence-electron chi connectivity index (χ1n) is 11.8. The van der Waals surface area contributed by atoms with E-state index in [4.69, 9.17) is 14.6 Å². The molecule has 0 radical (unpaired) electrons. The van der Waals surface area contributed by atoms with E-state index in [1.54, 1.807) is 38.5 Å². The van der Waals surface area contributed by atoms with Crippen LogP contribution in [-0.2, 0) is 9.59 Å². The molecule has 2 amide bonds. The number of benzene rings is 3. The highest BCUT2D eigenvalue weighted by Crippen LogP contribution is 2.38. The van der Waals surface area contributed by atoms with Crippen molar-refractivity contribution in [2.75, 3.05) is 19.5 Å². The molecule has 2 aliphatic heterocycles. The van der Waals surface area contributed by atoms with E-state index >= 15 is 0 Å². The molecular formula is C28H26N4O4S. The Labute approximate surface area is 219 Å². The van der Waals surface area contributed by atoms with Gasteiger partial charge in [-0.25, -0.2) is 5.01 Å². The smallest absolute Gasteiger partial charge is 0.262 e. The van der Waals surface area contributed by atoms with Crippen LogP contribution >= 0.6 is 11.8 Å². The van der Waals surface area contributed by atoms with Crippen LogP contribution in [0.1, 0.15) is 30.0 Å². The molecule has 0 aliphatic carbocycles. The fraction of sp³-hybridized carbons (Fsp3) is 0.214. The van der Waals surface area contributed by atoms with Gasteiger partial charge in [-0.1, -0.05) is 42.1 Å². The van der Waals surface area contributed by atoms with Gasteiger partial charge in [0.1, 0.15) is 16.7 Å². The molecule has 3 aromatic carbocycles. The molecule has 2 heterocycles. The zero-order valence-corrected chi connectivity index (χ0v) is 21.3. The minimum atomic E-state index is -0.607. The maximum Gasteiger partial charge on any atom is 0.262 e.